The second kappa shape index (κ2) is 10.1. The van der Waals surface area contributed by atoms with Crippen molar-refractivity contribution < 1.29 is 4.79 Å². The predicted octanol–water partition coefficient (Wildman–Crippen LogP) is 6.79. The smallest absolute Gasteiger partial charge is 0.226 e. The Kier molecular flexibility index (Phi) is 6.97. The Labute approximate surface area is 237 Å². The molecule has 5 rings (SSSR count). The lowest BCUT2D eigenvalue weighted by Crippen LogP contribution is -2.42. The second-order valence-electron chi connectivity index (χ2n) is 11.5. The molecule has 0 bridgehead atoms. The summed E-state index contributed by atoms with van der Waals surface area (Å²) in [6, 6.07) is 18.6. The maximum absolute atomic E-state index is 12.3. The van der Waals surface area contributed by atoms with Crippen LogP contribution in [0, 0.1) is 12.8 Å². The molecule has 39 heavy (non-hydrogen) atoms. The molecule has 3 heterocycles. The number of aryl methyl sites for hydroxylation is 1. The van der Waals surface area contributed by atoms with Gasteiger partial charge in [0, 0.05) is 41.8 Å². The molecule has 0 radical (unpaired) electrons. The Morgan fingerprint density at radius 1 is 1.10 bits per heavy atom. The highest BCUT2D eigenvalue weighted by atomic mass is 32.1. The van der Waals surface area contributed by atoms with E-state index >= 15 is 0 Å². The van der Waals surface area contributed by atoms with Gasteiger partial charge >= 0.3 is 0 Å². The third-order valence-electron chi connectivity index (χ3n) is 7.95. The van der Waals surface area contributed by atoms with E-state index in [9.17, 15) is 4.79 Å². The average molecular weight is 540 g/mol. The molecule has 0 saturated carbocycles. The summed E-state index contributed by atoms with van der Waals surface area (Å²) in [6.07, 6.45) is 4.16. The lowest BCUT2D eigenvalue weighted by Gasteiger charge is -2.41. The SMILES string of the molecule is CC1=CC(C)(C)N(C)c2ccc([C@H]3[C@@H](c4ccccn4)NC(=S)N3c3ccc(NC(=O)C(C)C)c(C)c3)cc21. The third kappa shape index (κ3) is 4.91. The number of nitrogens with one attached hydrogen (secondary N) is 2. The molecule has 3 aromatic rings. The maximum Gasteiger partial charge on any atom is 0.226 e. The average Bonchev–Trinajstić information content (AvgIpc) is 3.25. The van der Waals surface area contributed by atoms with Gasteiger partial charge in [-0.25, -0.2) is 0 Å². The number of hydrogen-bond acceptors (Lipinski definition) is 4. The fourth-order valence-corrected chi connectivity index (χ4v) is 5.89. The molecule has 1 amide bonds. The molecule has 0 aliphatic carbocycles. The molecule has 2 aliphatic rings. The Morgan fingerprint density at radius 2 is 1.87 bits per heavy atom. The van der Waals surface area contributed by atoms with Crippen LogP contribution in [0.1, 0.15) is 69.1 Å². The lowest BCUT2D eigenvalue weighted by molar-refractivity contribution is -0.118. The van der Waals surface area contributed by atoms with Gasteiger partial charge < -0.3 is 20.4 Å². The standard InChI is InChI=1S/C32H37N5OS/c1-19(2)30(38)34-25-13-12-23(16-20(25)3)37-29(28(35-31(37)39)26-10-8-9-15-33-26)22-11-14-27-24(17-22)21(4)18-32(5,6)36(27)7/h8-19,28-29H,1-7H3,(H,34,38)(H,35,39)/t28-,29+/m1/s1. The molecule has 202 valence electrons. The maximum atomic E-state index is 12.3. The van der Waals surface area contributed by atoms with Crippen LogP contribution in [0.5, 0.6) is 0 Å². The fraction of sp³-hybridized carbons (Fsp3) is 0.344. The molecule has 7 heteroatoms. The number of aromatic nitrogens is 1. The zero-order valence-corrected chi connectivity index (χ0v) is 24.6. The fourth-order valence-electron chi connectivity index (χ4n) is 5.55. The lowest BCUT2D eigenvalue weighted by atomic mass is 9.86. The van der Waals surface area contributed by atoms with E-state index in [1.807, 2.05) is 57.3 Å². The number of allylic oxidation sites excluding steroid dienone is 1. The van der Waals surface area contributed by atoms with Gasteiger partial charge in [-0.3, -0.25) is 9.78 Å². The molecule has 2 atom stereocenters. The molecule has 2 aliphatic heterocycles. The van der Waals surface area contributed by atoms with Gasteiger partial charge in [0.05, 0.1) is 23.3 Å². The molecule has 1 saturated heterocycles. The van der Waals surface area contributed by atoms with Crippen molar-refractivity contribution in [3.05, 3.63) is 89.3 Å². The number of anilines is 3. The molecular formula is C32H37N5OS. The number of amides is 1. The van der Waals surface area contributed by atoms with Crippen molar-refractivity contribution in [1.82, 2.24) is 10.3 Å². The van der Waals surface area contributed by atoms with Crippen LogP contribution in [0.3, 0.4) is 0 Å². The summed E-state index contributed by atoms with van der Waals surface area (Å²) in [5.74, 6) is -0.0861. The van der Waals surface area contributed by atoms with Crippen molar-refractivity contribution in [2.24, 2.45) is 5.92 Å². The van der Waals surface area contributed by atoms with Gasteiger partial charge in [-0.1, -0.05) is 32.1 Å². The summed E-state index contributed by atoms with van der Waals surface area (Å²) in [7, 11) is 2.15. The molecule has 1 fully saturated rings. The summed E-state index contributed by atoms with van der Waals surface area (Å²) in [5.41, 5.74) is 8.53. The number of nitrogens with zero attached hydrogens (tertiary/aromatic N) is 3. The van der Waals surface area contributed by atoms with E-state index in [0.717, 1.165) is 28.2 Å². The van der Waals surface area contributed by atoms with E-state index in [1.54, 1.807) is 0 Å². The number of rotatable bonds is 5. The molecule has 1 aromatic heterocycles. The van der Waals surface area contributed by atoms with E-state index < -0.39 is 0 Å². The van der Waals surface area contributed by atoms with Crippen LogP contribution in [0.25, 0.3) is 5.57 Å². The zero-order valence-electron chi connectivity index (χ0n) is 23.7. The van der Waals surface area contributed by atoms with Crippen LogP contribution in [0.15, 0.2) is 66.9 Å². The van der Waals surface area contributed by atoms with Crippen molar-refractivity contribution in [3.63, 3.8) is 0 Å². The highest BCUT2D eigenvalue weighted by molar-refractivity contribution is 7.80. The number of hydrogen-bond donors (Lipinski definition) is 2. The first-order chi connectivity index (χ1) is 18.5. The van der Waals surface area contributed by atoms with Crippen LogP contribution in [-0.4, -0.2) is 28.6 Å². The summed E-state index contributed by atoms with van der Waals surface area (Å²) in [4.78, 5) is 21.6. The van der Waals surface area contributed by atoms with Crippen LogP contribution < -0.4 is 20.4 Å². The van der Waals surface area contributed by atoms with Crippen molar-refractivity contribution in [2.75, 3.05) is 22.2 Å². The van der Waals surface area contributed by atoms with Gasteiger partial charge in [-0.05, 0) is 99.1 Å². The largest absolute Gasteiger partial charge is 0.366 e. The minimum absolute atomic E-state index is 0.00271. The van der Waals surface area contributed by atoms with Crippen LogP contribution in [0.2, 0.25) is 0 Å². The third-order valence-corrected chi connectivity index (χ3v) is 8.27. The highest BCUT2D eigenvalue weighted by Crippen LogP contribution is 2.45. The number of carbonyl (C=O) groups excluding carboxylic acids is 1. The first-order valence-electron chi connectivity index (χ1n) is 13.5. The molecular weight excluding hydrogens is 502 g/mol. The molecule has 2 aromatic carbocycles. The van der Waals surface area contributed by atoms with Crippen LogP contribution in [0.4, 0.5) is 17.1 Å². The van der Waals surface area contributed by atoms with Gasteiger partial charge in [0.15, 0.2) is 5.11 Å². The van der Waals surface area contributed by atoms with Gasteiger partial charge in [0.1, 0.15) is 0 Å². The van der Waals surface area contributed by atoms with E-state index in [4.69, 9.17) is 17.2 Å². The summed E-state index contributed by atoms with van der Waals surface area (Å²) in [5, 5.41) is 7.25. The van der Waals surface area contributed by atoms with Gasteiger partial charge in [0.2, 0.25) is 5.91 Å². The minimum Gasteiger partial charge on any atom is -0.366 e. The van der Waals surface area contributed by atoms with E-state index in [2.05, 4.69) is 78.6 Å². The predicted molar refractivity (Wildman–Crippen MR) is 165 cm³/mol. The summed E-state index contributed by atoms with van der Waals surface area (Å²) in [6.45, 7) is 12.5. The first kappa shape index (κ1) is 26.9. The van der Waals surface area contributed by atoms with Crippen molar-refractivity contribution in [1.29, 1.82) is 0 Å². The monoisotopic (exact) mass is 539 g/mol. The van der Waals surface area contributed by atoms with E-state index in [-0.39, 0.29) is 29.4 Å². The second-order valence-corrected chi connectivity index (χ2v) is 11.8. The number of carbonyl (C=O) groups is 1. The van der Waals surface area contributed by atoms with Gasteiger partial charge in [-0.15, -0.1) is 0 Å². The van der Waals surface area contributed by atoms with Crippen molar-refractivity contribution in [3.8, 4) is 0 Å². The Hall–Kier alpha value is -3.71. The minimum atomic E-state index is -0.126. The molecule has 0 spiro atoms. The summed E-state index contributed by atoms with van der Waals surface area (Å²) >= 11 is 5.95. The summed E-state index contributed by atoms with van der Waals surface area (Å²) < 4.78 is 0. The van der Waals surface area contributed by atoms with Crippen molar-refractivity contribution >= 4 is 45.9 Å². The van der Waals surface area contributed by atoms with Crippen molar-refractivity contribution in [2.45, 2.75) is 59.2 Å². The molecule has 6 nitrogen and oxygen atoms in total. The Morgan fingerprint density at radius 3 is 2.54 bits per heavy atom. The van der Waals surface area contributed by atoms with Crippen LogP contribution in [-0.2, 0) is 4.79 Å². The Balaban J connectivity index is 1.60. The number of pyridine rings is 1. The quantitative estimate of drug-likeness (QED) is 0.348. The number of likely N-dealkylation sites (N-methyl/N-ethyl adjacent to an activating group) is 1. The van der Waals surface area contributed by atoms with E-state index in [0.29, 0.717) is 5.11 Å². The highest BCUT2D eigenvalue weighted by Gasteiger charge is 2.41. The molecule has 0 unspecified atom stereocenters. The van der Waals surface area contributed by atoms with Gasteiger partial charge in [0.25, 0.3) is 0 Å². The number of benzene rings is 2. The normalized spacial score (nSPS) is 20.0. The molecule has 2 N–H and O–H groups in total. The first-order valence-corrected chi connectivity index (χ1v) is 13.9. The topological polar surface area (TPSA) is 60.5 Å². The van der Waals surface area contributed by atoms with E-state index in [1.165, 1.54) is 16.8 Å². The Bertz CT molecular complexity index is 1460. The van der Waals surface area contributed by atoms with Crippen LogP contribution >= 0.6 is 12.2 Å². The number of fused-ring (bicyclic) bond motifs is 1. The zero-order chi connectivity index (χ0) is 28.1. The number of thiocarbonyl (C=S) groups is 1. The van der Waals surface area contributed by atoms with Gasteiger partial charge in [-0.2, -0.15) is 0 Å².